The van der Waals surface area contributed by atoms with E-state index in [4.69, 9.17) is 0 Å². The molecule has 94 valence electrons. The first kappa shape index (κ1) is 12.3. The molecule has 0 unspecified atom stereocenters. The lowest BCUT2D eigenvalue weighted by atomic mass is 10.2. The summed E-state index contributed by atoms with van der Waals surface area (Å²) in [6.45, 7) is 0. The summed E-state index contributed by atoms with van der Waals surface area (Å²) >= 11 is 0. The Morgan fingerprint density at radius 2 is 1.78 bits per heavy atom. The third kappa shape index (κ3) is 2.24. The van der Waals surface area contributed by atoms with Crippen LogP contribution in [0.3, 0.4) is 0 Å². The first-order valence-corrected chi connectivity index (χ1v) is 4.80. The highest BCUT2D eigenvalue weighted by molar-refractivity contribution is 5.76. The number of aldehydes is 1. The number of nitrogens with zero attached hydrogens (tertiary/aromatic N) is 2. The molecule has 0 aliphatic carbocycles. The number of halogens is 4. The van der Waals surface area contributed by atoms with Crippen LogP contribution in [0.1, 0.15) is 16.1 Å². The smallest absolute Gasteiger partial charge is 0.298 e. The molecule has 7 heteroatoms. The molecule has 2 aromatic rings. The zero-order valence-electron chi connectivity index (χ0n) is 8.78. The van der Waals surface area contributed by atoms with Gasteiger partial charge in [-0.05, 0) is 24.3 Å². The van der Waals surface area contributed by atoms with Crippen molar-refractivity contribution >= 4 is 6.29 Å². The van der Waals surface area contributed by atoms with Gasteiger partial charge >= 0.3 is 6.18 Å². The monoisotopic (exact) mass is 258 g/mol. The topological polar surface area (TPSA) is 34.9 Å². The molecule has 0 spiro atoms. The minimum absolute atomic E-state index is 0.0792. The second-order valence-corrected chi connectivity index (χ2v) is 3.47. The summed E-state index contributed by atoms with van der Waals surface area (Å²) in [5, 5.41) is 3.29. The number of rotatable bonds is 2. The van der Waals surface area contributed by atoms with Crippen LogP contribution in [0.5, 0.6) is 0 Å². The fourth-order valence-corrected chi connectivity index (χ4v) is 1.42. The molecular weight excluding hydrogens is 252 g/mol. The van der Waals surface area contributed by atoms with Gasteiger partial charge in [0.25, 0.3) is 0 Å². The minimum Gasteiger partial charge on any atom is -0.298 e. The van der Waals surface area contributed by atoms with Crippen molar-refractivity contribution in [2.75, 3.05) is 0 Å². The van der Waals surface area contributed by atoms with Crippen LogP contribution >= 0.6 is 0 Å². The van der Waals surface area contributed by atoms with Gasteiger partial charge in [-0.15, -0.1) is 0 Å². The molecule has 0 saturated carbocycles. The van der Waals surface area contributed by atoms with Gasteiger partial charge in [0.1, 0.15) is 5.82 Å². The molecule has 0 N–H and O–H groups in total. The molecule has 0 fully saturated rings. The van der Waals surface area contributed by atoms with Gasteiger partial charge < -0.3 is 0 Å². The van der Waals surface area contributed by atoms with Gasteiger partial charge in [0.15, 0.2) is 12.0 Å². The molecule has 1 heterocycles. The van der Waals surface area contributed by atoms with E-state index >= 15 is 0 Å². The maximum atomic E-state index is 12.7. The van der Waals surface area contributed by atoms with Crippen molar-refractivity contribution in [1.82, 2.24) is 9.78 Å². The average Bonchev–Trinajstić information content (AvgIpc) is 2.73. The van der Waals surface area contributed by atoms with Gasteiger partial charge in [0.2, 0.25) is 0 Å². The number of aromatic nitrogens is 2. The fourth-order valence-electron chi connectivity index (χ4n) is 1.42. The number of benzene rings is 1. The molecule has 0 amide bonds. The van der Waals surface area contributed by atoms with Crippen LogP contribution in [0.15, 0.2) is 30.5 Å². The summed E-state index contributed by atoms with van der Waals surface area (Å²) in [5.74, 6) is -0.516. The van der Waals surface area contributed by atoms with E-state index < -0.39 is 23.3 Å². The number of hydrogen-bond donors (Lipinski definition) is 0. The van der Waals surface area contributed by atoms with Crippen molar-refractivity contribution in [3.8, 4) is 5.69 Å². The Bertz CT molecular complexity index is 572. The summed E-state index contributed by atoms with van der Waals surface area (Å²) in [4.78, 5) is 10.6. The predicted molar refractivity (Wildman–Crippen MR) is 53.9 cm³/mol. The van der Waals surface area contributed by atoms with Gasteiger partial charge in [0, 0.05) is 6.20 Å². The largest absolute Gasteiger partial charge is 0.435 e. The van der Waals surface area contributed by atoms with E-state index in [9.17, 15) is 22.4 Å². The lowest BCUT2D eigenvalue weighted by molar-refractivity contribution is -0.141. The number of hydrogen-bond acceptors (Lipinski definition) is 2. The highest BCUT2D eigenvalue weighted by Crippen LogP contribution is 2.30. The molecule has 0 saturated heterocycles. The fraction of sp³-hybridized carbons (Fsp3) is 0.0909. The average molecular weight is 258 g/mol. The van der Waals surface area contributed by atoms with E-state index in [1.807, 2.05) is 0 Å². The molecule has 3 nitrogen and oxygen atoms in total. The van der Waals surface area contributed by atoms with Crippen LogP contribution in [0, 0.1) is 5.82 Å². The van der Waals surface area contributed by atoms with Crippen molar-refractivity contribution in [3.05, 3.63) is 47.5 Å². The van der Waals surface area contributed by atoms with Crippen LogP contribution in [0.2, 0.25) is 0 Å². The minimum atomic E-state index is -4.71. The van der Waals surface area contributed by atoms with Crippen LogP contribution in [0.4, 0.5) is 17.6 Å². The molecule has 0 radical (unpaired) electrons. The lowest BCUT2D eigenvalue weighted by Gasteiger charge is -2.03. The number of alkyl halides is 3. The van der Waals surface area contributed by atoms with Crippen LogP contribution < -0.4 is 0 Å². The van der Waals surface area contributed by atoms with Crippen LogP contribution in [-0.2, 0) is 6.18 Å². The van der Waals surface area contributed by atoms with E-state index in [2.05, 4.69) is 5.10 Å². The zero-order chi connectivity index (χ0) is 13.3. The normalized spacial score (nSPS) is 11.6. The standard InChI is InChI=1S/C11H6F4N2O/c12-8-1-3-9(4-2-8)17-5-7(6-18)10(16-17)11(13,14)15/h1-6H. The van der Waals surface area contributed by atoms with Crippen LogP contribution in [0.25, 0.3) is 5.69 Å². The van der Waals surface area contributed by atoms with Crippen molar-refractivity contribution < 1.29 is 22.4 Å². The van der Waals surface area contributed by atoms with Gasteiger partial charge in [-0.25, -0.2) is 9.07 Å². The van der Waals surface area contributed by atoms with Gasteiger partial charge in [-0.2, -0.15) is 18.3 Å². The first-order valence-electron chi connectivity index (χ1n) is 4.80. The summed E-state index contributed by atoms with van der Waals surface area (Å²) < 4.78 is 51.2. The lowest BCUT2D eigenvalue weighted by Crippen LogP contribution is -2.09. The van der Waals surface area contributed by atoms with Crippen molar-refractivity contribution in [3.63, 3.8) is 0 Å². The quantitative estimate of drug-likeness (QED) is 0.613. The molecule has 0 aliphatic rings. The third-order valence-corrected chi connectivity index (χ3v) is 2.23. The highest BCUT2D eigenvalue weighted by Gasteiger charge is 2.37. The number of carbonyl (C=O) groups is 1. The maximum Gasteiger partial charge on any atom is 0.435 e. The molecular formula is C11H6F4N2O. The summed E-state index contributed by atoms with van der Waals surface area (Å²) in [6, 6.07) is 4.70. The second kappa shape index (κ2) is 4.25. The summed E-state index contributed by atoms with van der Waals surface area (Å²) in [7, 11) is 0. The predicted octanol–water partition coefficient (Wildman–Crippen LogP) is 2.84. The summed E-state index contributed by atoms with van der Waals surface area (Å²) in [6.07, 6.45) is -3.68. The molecule has 18 heavy (non-hydrogen) atoms. The highest BCUT2D eigenvalue weighted by atomic mass is 19.4. The van der Waals surface area contributed by atoms with E-state index in [0.717, 1.165) is 23.0 Å². The van der Waals surface area contributed by atoms with Crippen LogP contribution in [-0.4, -0.2) is 16.1 Å². The Labute approximate surface area is 98.6 Å². The van der Waals surface area contributed by atoms with E-state index in [-0.39, 0.29) is 12.0 Å². The SMILES string of the molecule is O=Cc1cn(-c2ccc(F)cc2)nc1C(F)(F)F. The molecule has 0 bridgehead atoms. The first-order chi connectivity index (χ1) is 8.41. The Hall–Kier alpha value is -2.18. The van der Waals surface area contributed by atoms with Crippen molar-refractivity contribution in [1.29, 1.82) is 0 Å². The maximum absolute atomic E-state index is 12.7. The van der Waals surface area contributed by atoms with Gasteiger partial charge in [0.05, 0.1) is 11.3 Å². The van der Waals surface area contributed by atoms with E-state index in [1.165, 1.54) is 12.1 Å². The molecule has 1 aromatic carbocycles. The number of carbonyl (C=O) groups excluding carboxylic acids is 1. The second-order valence-electron chi connectivity index (χ2n) is 3.47. The summed E-state index contributed by atoms with van der Waals surface area (Å²) in [5.41, 5.74) is -1.59. The third-order valence-electron chi connectivity index (χ3n) is 2.23. The molecule has 0 atom stereocenters. The van der Waals surface area contributed by atoms with Crippen molar-refractivity contribution in [2.45, 2.75) is 6.18 Å². The van der Waals surface area contributed by atoms with E-state index in [1.54, 1.807) is 0 Å². The van der Waals surface area contributed by atoms with E-state index in [0.29, 0.717) is 0 Å². The molecule has 0 aliphatic heterocycles. The van der Waals surface area contributed by atoms with Gasteiger partial charge in [-0.1, -0.05) is 0 Å². The Kier molecular flexibility index (Phi) is 2.90. The van der Waals surface area contributed by atoms with Crippen molar-refractivity contribution in [2.24, 2.45) is 0 Å². The Balaban J connectivity index is 2.50. The Morgan fingerprint density at radius 3 is 2.22 bits per heavy atom. The zero-order valence-corrected chi connectivity index (χ0v) is 8.78. The van der Waals surface area contributed by atoms with Gasteiger partial charge in [-0.3, -0.25) is 4.79 Å². The molecule has 2 rings (SSSR count). The molecule has 1 aromatic heterocycles. The Morgan fingerprint density at radius 1 is 1.17 bits per heavy atom.